The molecule has 0 fully saturated rings. The first-order chi connectivity index (χ1) is 12.4. The number of ether oxygens (including phenoxy) is 2. The Morgan fingerprint density at radius 3 is 2.69 bits per heavy atom. The predicted molar refractivity (Wildman–Crippen MR) is 98.0 cm³/mol. The molecule has 2 aromatic carbocycles. The smallest absolute Gasteiger partial charge is 0.331 e. The summed E-state index contributed by atoms with van der Waals surface area (Å²) in [5.74, 6) is -1.79. The van der Waals surface area contributed by atoms with E-state index >= 15 is 0 Å². The maximum absolute atomic E-state index is 13.5. The molecule has 0 aliphatic rings. The normalized spacial score (nSPS) is 10.6. The molecular weight excluding hydrogens is 384 g/mol. The molecule has 0 saturated carbocycles. The number of esters is 1. The van der Waals surface area contributed by atoms with Gasteiger partial charge in [-0.15, -0.1) is 0 Å². The van der Waals surface area contributed by atoms with E-state index in [1.807, 2.05) is 0 Å². The Bertz CT molecular complexity index is 855. The fourth-order valence-electron chi connectivity index (χ4n) is 1.92. The lowest BCUT2D eigenvalue weighted by atomic mass is 10.2. The summed E-state index contributed by atoms with van der Waals surface area (Å²) in [4.78, 5) is 23.4. The average Bonchev–Trinajstić information content (AvgIpc) is 2.62. The van der Waals surface area contributed by atoms with Gasteiger partial charge >= 0.3 is 5.97 Å². The van der Waals surface area contributed by atoms with Crippen LogP contribution in [0, 0.1) is 5.82 Å². The molecule has 26 heavy (non-hydrogen) atoms. The van der Waals surface area contributed by atoms with E-state index in [0.717, 1.165) is 6.08 Å². The molecule has 136 valence electrons. The van der Waals surface area contributed by atoms with Gasteiger partial charge in [0.15, 0.2) is 18.2 Å². The highest BCUT2D eigenvalue weighted by Crippen LogP contribution is 2.29. The van der Waals surface area contributed by atoms with Gasteiger partial charge in [-0.1, -0.05) is 35.3 Å². The first-order valence-corrected chi connectivity index (χ1v) is 8.08. The number of hydrogen-bond donors (Lipinski definition) is 1. The average molecular weight is 398 g/mol. The second-order valence-corrected chi connectivity index (χ2v) is 5.77. The highest BCUT2D eigenvalue weighted by Gasteiger charge is 2.10. The highest BCUT2D eigenvalue weighted by atomic mass is 35.5. The monoisotopic (exact) mass is 397 g/mol. The molecule has 0 atom stereocenters. The van der Waals surface area contributed by atoms with E-state index in [1.165, 1.54) is 25.3 Å². The number of carbonyl (C=O) groups excluding carboxylic acids is 2. The maximum atomic E-state index is 13.5. The standard InChI is InChI=1S/C18H14Cl2FNO4/c1-25-15-7-5-11(9-13(15)21)6-8-17(24)26-10-16(23)22-14-4-2-3-12(19)18(14)20/h2-9H,10H2,1H3,(H,22,23)/b8-6+. The van der Waals surface area contributed by atoms with Crippen LogP contribution in [0.4, 0.5) is 10.1 Å². The molecular formula is C18H14Cl2FNO4. The van der Waals surface area contributed by atoms with Crippen LogP contribution < -0.4 is 10.1 Å². The van der Waals surface area contributed by atoms with E-state index in [-0.39, 0.29) is 15.8 Å². The SMILES string of the molecule is COc1ccc(/C=C/C(=O)OCC(=O)Nc2cccc(Cl)c2Cl)cc1F. The van der Waals surface area contributed by atoms with E-state index in [0.29, 0.717) is 11.3 Å². The number of methoxy groups -OCH3 is 1. The van der Waals surface area contributed by atoms with Crippen molar-refractivity contribution in [2.24, 2.45) is 0 Å². The summed E-state index contributed by atoms with van der Waals surface area (Å²) in [7, 11) is 1.35. The lowest BCUT2D eigenvalue weighted by molar-refractivity contribution is -0.142. The number of halogens is 3. The third-order valence-corrected chi connectivity index (χ3v) is 3.98. The molecule has 0 aromatic heterocycles. The molecule has 2 rings (SSSR count). The fourth-order valence-corrected chi connectivity index (χ4v) is 2.27. The minimum atomic E-state index is -0.756. The number of rotatable bonds is 6. The number of carbonyl (C=O) groups is 2. The van der Waals surface area contributed by atoms with Gasteiger partial charge in [0.05, 0.1) is 22.8 Å². The molecule has 0 radical (unpaired) electrons. The van der Waals surface area contributed by atoms with E-state index < -0.39 is 24.3 Å². The summed E-state index contributed by atoms with van der Waals surface area (Å²) in [6.07, 6.45) is 2.44. The summed E-state index contributed by atoms with van der Waals surface area (Å²) in [6, 6.07) is 8.96. The lowest BCUT2D eigenvalue weighted by Crippen LogP contribution is -2.20. The van der Waals surface area contributed by atoms with Crippen molar-refractivity contribution in [2.75, 3.05) is 19.0 Å². The van der Waals surface area contributed by atoms with Crippen molar-refractivity contribution in [3.63, 3.8) is 0 Å². The van der Waals surface area contributed by atoms with Gasteiger partial charge in [-0.25, -0.2) is 9.18 Å². The Labute approximate surface area is 159 Å². The van der Waals surface area contributed by atoms with Crippen molar-refractivity contribution in [1.82, 2.24) is 0 Å². The lowest BCUT2D eigenvalue weighted by Gasteiger charge is -2.08. The zero-order valence-corrected chi connectivity index (χ0v) is 15.1. The van der Waals surface area contributed by atoms with Crippen molar-refractivity contribution in [3.8, 4) is 5.75 Å². The number of amides is 1. The molecule has 0 heterocycles. The zero-order chi connectivity index (χ0) is 19.1. The molecule has 0 unspecified atom stereocenters. The van der Waals surface area contributed by atoms with E-state index in [1.54, 1.807) is 24.3 Å². The van der Waals surface area contributed by atoms with Crippen LogP contribution >= 0.6 is 23.2 Å². The predicted octanol–water partition coefficient (Wildman–Crippen LogP) is 4.34. The summed E-state index contributed by atoms with van der Waals surface area (Å²) in [6.45, 7) is -0.511. The molecule has 1 N–H and O–H groups in total. The van der Waals surface area contributed by atoms with Gasteiger partial charge in [0, 0.05) is 6.08 Å². The van der Waals surface area contributed by atoms with Crippen LogP contribution in [0.5, 0.6) is 5.75 Å². The topological polar surface area (TPSA) is 64.6 Å². The Balaban J connectivity index is 1.87. The van der Waals surface area contributed by atoms with E-state index in [9.17, 15) is 14.0 Å². The van der Waals surface area contributed by atoms with Gasteiger partial charge < -0.3 is 14.8 Å². The van der Waals surface area contributed by atoms with Gasteiger partial charge in [0.2, 0.25) is 0 Å². The van der Waals surface area contributed by atoms with Crippen LogP contribution in [0.2, 0.25) is 10.0 Å². The highest BCUT2D eigenvalue weighted by molar-refractivity contribution is 6.44. The molecule has 2 aromatic rings. The quantitative estimate of drug-likeness (QED) is 0.581. The van der Waals surface area contributed by atoms with Crippen LogP contribution in [0.15, 0.2) is 42.5 Å². The van der Waals surface area contributed by atoms with Crippen molar-refractivity contribution in [2.45, 2.75) is 0 Å². The Kier molecular flexibility index (Phi) is 7.00. The van der Waals surface area contributed by atoms with Gasteiger partial charge in [-0.05, 0) is 35.9 Å². The Hall–Kier alpha value is -2.57. The van der Waals surface area contributed by atoms with Crippen LogP contribution in [0.3, 0.4) is 0 Å². The van der Waals surface area contributed by atoms with Crippen molar-refractivity contribution >= 4 is 46.8 Å². The molecule has 0 aliphatic heterocycles. The third-order valence-electron chi connectivity index (χ3n) is 3.16. The maximum Gasteiger partial charge on any atom is 0.331 e. The van der Waals surface area contributed by atoms with E-state index in [2.05, 4.69) is 5.32 Å². The number of benzene rings is 2. The minimum absolute atomic E-state index is 0.0982. The minimum Gasteiger partial charge on any atom is -0.494 e. The summed E-state index contributed by atoms with van der Waals surface area (Å²) in [5, 5.41) is 2.96. The Morgan fingerprint density at radius 2 is 2.00 bits per heavy atom. The van der Waals surface area contributed by atoms with Gasteiger partial charge in [0.25, 0.3) is 5.91 Å². The van der Waals surface area contributed by atoms with E-state index in [4.69, 9.17) is 32.7 Å². The fraction of sp³-hybridized carbons (Fsp3) is 0.111. The second kappa shape index (κ2) is 9.22. The molecule has 1 amide bonds. The largest absolute Gasteiger partial charge is 0.494 e. The number of nitrogens with one attached hydrogen (secondary N) is 1. The number of hydrogen-bond acceptors (Lipinski definition) is 4. The van der Waals surface area contributed by atoms with Gasteiger partial charge in [-0.2, -0.15) is 0 Å². The van der Waals surface area contributed by atoms with Gasteiger partial charge in [0.1, 0.15) is 0 Å². The molecule has 5 nitrogen and oxygen atoms in total. The number of anilines is 1. The summed E-state index contributed by atoms with van der Waals surface area (Å²) in [5.41, 5.74) is 0.750. The first kappa shape index (κ1) is 19.8. The van der Waals surface area contributed by atoms with Crippen molar-refractivity contribution in [1.29, 1.82) is 0 Å². The zero-order valence-electron chi connectivity index (χ0n) is 13.6. The first-order valence-electron chi connectivity index (χ1n) is 7.33. The molecule has 0 spiro atoms. The molecule has 0 saturated heterocycles. The second-order valence-electron chi connectivity index (χ2n) is 4.98. The summed E-state index contributed by atoms with van der Waals surface area (Å²) < 4.78 is 23.2. The summed E-state index contributed by atoms with van der Waals surface area (Å²) >= 11 is 11.8. The van der Waals surface area contributed by atoms with Crippen LogP contribution in [-0.4, -0.2) is 25.6 Å². The Morgan fingerprint density at radius 1 is 1.23 bits per heavy atom. The molecule has 8 heteroatoms. The molecule has 0 bridgehead atoms. The third kappa shape index (κ3) is 5.47. The van der Waals surface area contributed by atoms with Crippen molar-refractivity contribution < 1.29 is 23.5 Å². The van der Waals surface area contributed by atoms with Crippen LogP contribution in [-0.2, 0) is 14.3 Å². The van der Waals surface area contributed by atoms with Crippen LogP contribution in [0.25, 0.3) is 6.08 Å². The molecule has 0 aliphatic carbocycles. The van der Waals surface area contributed by atoms with Crippen molar-refractivity contribution in [3.05, 3.63) is 63.9 Å². The van der Waals surface area contributed by atoms with Crippen LogP contribution in [0.1, 0.15) is 5.56 Å². The van der Waals surface area contributed by atoms with Gasteiger partial charge in [-0.3, -0.25) is 4.79 Å².